The molecule has 30 heavy (non-hydrogen) atoms. The standard InChI is InChI=1S/C20H24O10/c1-6-12(23)28-11-9(21)18-8-5-7(16(2,3)4)17(18)10(22)13(24)29-15(17)30-20(18,14(25)27-8)19(6,11)26/h6-11,15,21-22,26H,5H2,1-4H3/t6-,7+,8-,9+,10+,11-,15+,17+,18?,19-,20-/m1/s1. The van der Waals surface area contributed by atoms with Crippen molar-refractivity contribution in [3.63, 3.8) is 0 Å². The van der Waals surface area contributed by atoms with Gasteiger partial charge in [-0.25, -0.2) is 9.59 Å². The van der Waals surface area contributed by atoms with Crippen molar-refractivity contribution >= 4 is 17.9 Å². The molecule has 164 valence electrons. The van der Waals surface area contributed by atoms with Gasteiger partial charge >= 0.3 is 17.9 Å². The Bertz CT molecular complexity index is 925. The number of carbonyl (C=O) groups excluding carboxylic acids is 3. The highest BCUT2D eigenvalue weighted by Gasteiger charge is 3.03. The lowest BCUT2D eigenvalue weighted by atomic mass is 9.51. The van der Waals surface area contributed by atoms with Gasteiger partial charge in [-0.1, -0.05) is 20.8 Å². The van der Waals surface area contributed by atoms with E-state index in [9.17, 15) is 29.7 Å². The molecule has 4 heterocycles. The summed E-state index contributed by atoms with van der Waals surface area (Å²) in [5.74, 6) is -4.32. The van der Waals surface area contributed by atoms with Crippen molar-refractivity contribution in [2.24, 2.45) is 28.1 Å². The van der Waals surface area contributed by atoms with Crippen LogP contribution in [-0.4, -0.2) is 75.1 Å². The lowest BCUT2D eigenvalue weighted by Crippen LogP contribution is -2.67. The van der Waals surface area contributed by atoms with Crippen molar-refractivity contribution in [2.75, 3.05) is 0 Å². The number of hydrogen-bond donors (Lipinski definition) is 3. The van der Waals surface area contributed by atoms with Crippen LogP contribution in [-0.2, 0) is 33.3 Å². The predicted molar refractivity (Wildman–Crippen MR) is 92.0 cm³/mol. The van der Waals surface area contributed by atoms with Crippen molar-refractivity contribution in [3.8, 4) is 0 Å². The quantitative estimate of drug-likeness (QED) is 0.314. The number of aliphatic hydroxyl groups is 3. The van der Waals surface area contributed by atoms with Crippen LogP contribution in [0.4, 0.5) is 0 Å². The maximum absolute atomic E-state index is 13.4. The minimum atomic E-state index is -2.24. The van der Waals surface area contributed by atoms with Gasteiger partial charge in [0.05, 0.1) is 16.7 Å². The van der Waals surface area contributed by atoms with Gasteiger partial charge in [0.15, 0.2) is 17.8 Å². The largest absolute Gasteiger partial charge is 0.459 e. The van der Waals surface area contributed by atoms with Gasteiger partial charge in [0.25, 0.3) is 0 Å². The Morgan fingerprint density at radius 3 is 2.33 bits per heavy atom. The van der Waals surface area contributed by atoms with Crippen LogP contribution in [0.15, 0.2) is 0 Å². The van der Waals surface area contributed by atoms with E-state index in [1.807, 2.05) is 20.8 Å². The average Bonchev–Trinajstić information content (AvgIpc) is 3.35. The van der Waals surface area contributed by atoms with Crippen LogP contribution in [0.3, 0.4) is 0 Å². The summed E-state index contributed by atoms with van der Waals surface area (Å²) in [6.45, 7) is 7.14. The van der Waals surface area contributed by atoms with Crippen molar-refractivity contribution < 1.29 is 48.7 Å². The van der Waals surface area contributed by atoms with E-state index in [0.29, 0.717) is 0 Å². The predicted octanol–water partition coefficient (Wildman–Crippen LogP) is -1.37. The van der Waals surface area contributed by atoms with E-state index in [0.717, 1.165) is 0 Å². The zero-order valence-electron chi connectivity index (χ0n) is 16.9. The summed E-state index contributed by atoms with van der Waals surface area (Å²) in [7, 11) is 0. The first-order chi connectivity index (χ1) is 13.8. The molecular formula is C20H24O10. The summed E-state index contributed by atoms with van der Waals surface area (Å²) in [4.78, 5) is 38.2. The van der Waals surface area contributed by atoms with Crippen molar-refractivity contribution in [2.45, 2.75) is 76.0 Å². The third-order valence-corrected chi connectivity index (χ3v) is 9.00. The van der Waals surface area contributed by atoms with Crippen LogP contribution >= 0.6 is 0 Å². The topological polar surface area (TPSA) is 149 Å². The van der Waals surface area contributed by atoms with Crippen LogP contribution in [0.25, 0.3) is 0 Å². The van der Waals surface area contributed by atoms with Crippen LogP contribution in [0.1, 0.15) is 34.1 Å². The van der Waals surface area contributed by atoms with Gasteiger partial charge in [-0.2, -0.15) is 0 Å². The minimum Gasteiger partial charge on any atom is -0.459 e. The Balaban J connectivity index is 1.72. The van der Waals surface area contributed by atoms with Gasteiger partial charge < -0.3 is 34.3 Å². The highest BCUT2D eigenvalue weighted by Crippen LogP contribution is 2.84. The van der Waals surface area contributed by atoms with Crippen LogP contribution in [0, 0.1) is 28.1 Å². The molecule has 0 aromatic rings. The molecule has 0 aromatic carbocycles. The molecule has 4 saturated heterocycles. The lowest BCUT2D eigenvalue weighted by molar-refractivity contribution is -0.239. The third-order valence-electron chi connectivity index (χ3n) is 9.00. The first-order valence-corrected chi connectivity index (χ1v) is 10.2. The summed E-state index contributed by atoms with van der Waals surface area (Å²) in [5, 5.41) is 34.7. The zero-order chi connectivity index (χ0) is 21.8. The van der Waals surface area contributed by atoms with Crippen LogP contribution in [0.5, 0.6) is 0 Å². The van der Waals surface area contributed by atoms with Gasteiger partial charge in [-0.3, -0.25) is 4.79 Å². The Hall–Kier alpha value is -1.75. The number of carbonyl (C=O) groups is 3. The second-order valence-electron chi connectivity index (χ2n) is 10.7. The Morgan fingerprint density at radius 2 is 1.70 bits per heavy atom. The first-order valence-electron chi connectivity index (χ1n) is 10.2. The van der Waals surface area contributed by atoms with E-state index < -0.39 is 87.9 Å². The molecule has 11 atom stereocenters. The summed E-state index contributed by atoms with van der Waals surface area (Å²) < 4.78 is 22.5. The SMILES string of the molecule is C[C@@H]1C(=O)O[C@@H]2[C@H](O)C34[C@H]5C[C@@H](C(C)(C)C)[C@]36[C@@H](OC(=O)[C@@H]6O)O[C@@]4(C(=O)O5)[C@@]12O. The van der Waals surface area contributed by atoms with E-state index >= 15 is 0 Å². The fraction of sp³-hybridized carbons (Fsp3) is 0.850. The van der Waals surface area contributed by atoms with E-state index in [1.54, 1.807) is 0 Å². The monoisotopic (exact) mass is 424 g/mol. The molecule has 4 aliphatic heterocycles. The molecule has 0 radical (unpaired) electrons. The molecule has 0 amide bonds. The summed E-state index contributed by atoms with van der Waals surface area (Å²) in [6.07, 6.45) is -6.91. The summed E-state index contributed by atoms with van der Waals surface area (Å²) in [5.41, 5.74) is -8.26. The Labute approximate surface area is 171 Å². The molecule has 6 fully saturated rings. The van der Waals surface area contributed by atoms with Gasteiger partial charge in [0.1, 0.15) is 12.2 Å². The molecule has 10 nitrogen and oxygen atoms in total. The fourth-order valence-corrected chi connectivity index (χ4v) is 8.12. The van der Waals surface area contributed by atoms with E-state index in [4.69, 9.17) is 18.9 Å². The molecular weight excluding hydrogens is 400 g/mol. The highest BCUT2D eigenvalue weighted by molar-refractivity contribution is 5.94. The molecule has 6 rings (SSSR count). The summed E-state index contributed by atoms with van der Waals surface area (Å²) >= 11 is 0. The summed E-state index contributed by atoms with van der Waals surface area (Å²) in [6, 6.07) is 0. The highest BCUT2D eigenvalue weighted by atomic mass is 16.8. The van der Waals surface area contributed by atoms with Crippen molar-refractivity contribution in [1.29, 1.82) is 0 Å². The molecule has 3 N–H and O–H groups in total. The smallest absolute Gasteiger partial charge is 0.343 e. The molecule has 2 saturated carbocycles. The van der Waals surface area contributed by atoms with Crippen molar-refractivity contribution in [1.82, 2.24) is 0 Å². The Kier molecular flexibility index (Phi) is 2.97. The van der Waals surface area contributed by atoms with Crippen molar-refractivity contribution in [3.05, 3.63) is 0 Å². The van der Waals surface area contributed by atoms with Crippen LogP contribution < -0.4 is 0 Å². The molecule has 1 unspecified atom stereocenters. The first kappa shape index (κ1) is 19.0. The second-order valence-corrected chi connectivity index (χ2v) is 10.7. The normalized spacial score (nSPS) is 60.1. The van der Waals surface area contributed by atoms with Gasteiger partial charge in [0.2, 0.25) is 11.9 Å². The molecule has 6 aliphatic rings. The molecule has 0 bridgehead atoms. The molecule has 2 aliphatic carbocycles. The second kappa shape index (κ2) is 4.69. The number of ether oxygens (including phenoxy) is 4. The minimum absolute atomic E-state index is 0.229. The molecule has 0 aromatic heterocycles. The lowest BCUT2D eigenvalue weighted by Gasteiger charge is -2.47. The fourth-order valence-electron chi connectivity index (χ4n) is 8.12. The number of esters is 3. The van der Waals surface area contributed by atoms with Gasteiger partial charge in [-0.15, -0.1) is 0 Å². The maximum atomic E-state index is 13.4. The Morgan fingerprint density at radius 1 is 1.03 bits per heavy atom. The molecule has 2 spiro atoms. The van der Waals surface area contributed by atoms with E-state index in [-0.39, 0.29) is 6.42 Å². The van der Waals surface area contributed by atoms with Gasteiger partial charge in [0, 0.05) is 0 Å². The number of aliphatic hydroxyl groups excluding tert-OH is 2. The zero-order valence-corrected chi connectivity index (χ0v) is 16.9. The third kappa shape index (κ3) is 1.33. The number of fused-ring (bicyclic) bond motifs is 1. The maximum Gasteiger partial charge on any atom is 0.343 e. The number of hydrogen-bond acceptors (Lipinski definition) is 10. The van der Waals surface area contributed by atoms with Crippen LogP contribution in [0.2, 0.25) is 0 Å². The van der Waals surface area contributed by atoms with E-state index in [1.165, 1.54) is 6.92 Å². The van der Waals surface area contributed by atoms with E-state index in [2.05, 4.69) is 0 Å². The van der Waals surface area contributed by atoms with Gasteiger partial charge in [-0.05, 0) is 24.7 Å². The number of rotatable bonds is 0. The average molecular weight is 424 g/mol. The molecule has 10 heteroatoms.